The topological polar surface area (TPSA) is 46.9 Å². The summed E-state index contributed by atoms with van der Waals surface area (Å²) in [5.74, 6) is 0.278. The number of amides is 1. The molecule has 0 aliphatic carbocycles. The molecule has 0 bridgehead atoms. The first kappa shape index (κ1) is 16.3. The van der Waals surface area contributed by atoms with Gasteiger partial charge in [0.25, 0.3) is 0 Å². The lowest BCUT2D eigenvalue weighted by Crippen LogP contribution is -2.14. The predicted molar refractivity (Wildman–Crippen MR) is 98.8 cm³/mol. The minimum absolute atomic E-state index is 0.0387. The first-order valence-electron chi connectivity index (χ1n) is 7.72. The van der Waals surface area contributed by atoms with E-state index < -0.39 is 0 Å². The Bertz CT molecular complexity index is 840. The van der Waals surface area contributed by atoms with Crippen LogP contribution in [0.1, 0.15) is 11.1 Å². The van der Waals surface area contributed by atoms with Gasteiger partial charge in [-0.3, -0.25) is 9.36 Å². The van der Waals surface area contributed by atoms with E-state index in [4.69, 9.17) is 0 Å². The number of rotatable bonds is 5. The second-order valence-corrected chi connectivity index (χ2v) is 6.51. The monoisotopic (exact) mass is 337 g/mol. The van der Waals surface area contributed by atoms with Crippen molar-refractivity contribution >= 4 is 23.4 Å². The molecule has 0 fully saturated rings. The number of hydrogen-bond acceptors (Lipinski definition) is 3. The Balaban J connectivity index is 1.65. The van der Waals surface area contributed by atoms with Crippen molar-refractivity contribution in [3.8, 4) is 5.69 Å². The maximum Gasteiger partial charge on any atom is 0.234 e. The van der Waals surface area contributed by atoms with Crippen LogP contribution in [0.5, 0.6) is 0 Å². The molecule has 0 aliphatic rings. The summed E-state index contributed by atoms with van der Waals surface area (Å²) >= 11 is 1.43. The van der Waals surface area contributed by atoms with Crippen LogP contribution in [-0.4, -0.2) is 21.2 Å². The van der Waals surface area contributed by atoms with Gasteiger partial charge in [0.05, 0.1) is 11.4 Å². The van der Waals surface area contributed by atoms with Crippen LogP contribution in [0.4, 0.5) is 5.69 Å². The molecule has 0 spiro atoms. The number of carbonyl (C=O) groups is 1. The van der Waals surface area contributed by atoms with Crippen molar-refractivity contribution in [2.45, 2.75) is 19.0 Å². The fourth-order valence-electron chi connectivity index (χ4n) is 2.38. The van der Waals surface area contributed by atoms with Gasteiger partial charge in [-0.2, -0.15) is 0 Å². The third-order valence-electron chi connectivity index (χ3n) is 3.65. The zero-order valence-corrected chi connectivity index (χ0v) is 14.5. The van der Waals surface area contributed by atoms with Crippen LogP contribution in [0.15, 0.2) is 66.1 Å². The van der Waals surface area contributed by atoms with Gasteiger partial charge in [0.15, 0.2) is 5.16 Å². The van der Waals surface area contributed by atoms with Crippen molar-refractivity contribution in [2.75, 3.05) is 11.1 Å². The first-order chi connectivity index (χ1) is 11.6. The molecule has 0 atom stereocenters. The van der Waals surface area contributed by atoms with Crippen molar-refractivity contribution in [3.63, 3.8) is 0 Å². The van der Waals surface area contributed by atoms with E-state index in [2.05, 4.69) is 23.3 Å². The molecule has 3 aromatic rings. The Labute approximate surface area is 145 Å². The highest BCUT2D eigenvalue weighted by Crippen LogP contribution is 2.22. The molecule has 1 amide bonds. The van der Waals surface area contributed by atoms with Crippen LogP contribution in [-0.2, 0) is 4.79 Å². The second kappa shape index (κ2) is 7.36. The fourth-order valence-corrected chi connectivity index (χ4v) is 3.14. The van der Waals surface area contributed by atoms with Crippen LogP contribution >= 0.6 is 11.8 Å². The summed E-state index contributed by atoms with van der Waals surface area (Å²) in [7, 11) is 0. The third kappa shape index (κ3) is 3.86. The lowest BCUT2D eigenvalue weighted by atomic mass is 10.2. The van der Waals surface area contributed by atoms with E-state index in [9.17, 15) is 4.79 Å². The number of imidazole rings is 1. The van der Waals surface area contributed by atoms with E-state index in [0.29, 0.717) is 5.75 Å². The lowest BCUT2D eigenvalue weighted by molar-refractivity contribution is -0.113. The van der Waals surface area contributed by atoms with Gasteiger partial charge in [0, 0.05) is 18.1 Å². The number of nitrogens with one attached hydrogen (secondary N) is 1. The average molecular weight is 337 g/mol. The van der Waals surface area contributed by atoms with Gasteiger partial charge in [0.1, 0.15) is 0 Å². The highest BCUT2D eigenvalue weighted by atomic mass is 32.2. The molecule has 1 heterocycles. The summed E-state index contributed by atoms with van der Waals surface area (Å²) in [6.07, 6.45) is 3.68. The molecule has 1 N–H and O–H groups in total. The normalized spacial score (nSPS) is 10.6. The van der Waals surface area contributed by atoms with Crippen molar-refractivity contribution in [1.29, 1.82) is 0 Å². The Morgan fingerprint density at radius 2 is 1.88 bits per heavy atom. The number of anilines is 1. The lowest BCUT2D eigenvalue weighted by Gasteiger charge is -2.10. The molecule has 3 rings (SSSR count). The molecule has 0 saturated carbocycles. The SMILES string of the molecule is Cc1ccc(NC(=O)CSc2nccn2-c2ccccc2C)cc1. The molecule has 4 nitrogen and oxygen atoms in total. The molecule has 0 aliphatic heterocycles. The van der Waals surface area contributed by atoms with E-state index in [0.717, 1.165) is 16.5 Å². The van der Waals surface area contributed by atoms with Gasteiger partial charge < -0.3 is 5.32 Å². The predicted octanol–water partition coefficient (Wildman–Crippen LogP) is 4.22. The number of para-hydroxylation sites is 1. The summed E-state index contributed by atoms with van der Waals surface area (Å²) in [4.78, 5) is 16.5. The zero-order valence-electron chi connectivity index (χ0n) is 13.7. The van der Waals surface area contributed by atoms with Crippen molar-refractivity contribution in [2.24, 2.45) is 0 Å². The highest BCUT2D eigenvalue weighted by Gasteiger charge is 2.10. The second-order valence-electron chi connectivity index (χ2n) is 5.57. The van der Waals surface area contributed by atoms with Gasteiger partial charge in [-0.05, 0) is 37.6 Å². The molecule has 0 unspecified atom stereocenters. The summed E-state index contributed by atoms with van der Waals surface area (Å²) in [6, 6.07) is 15.9. The Kier molecular flexibility index (Phi) is 5.01. The van der Waals surface area contributed by atoms with Crippen LogP contribution in [0, 0.1) is 13.8 Å². The Morgan fingerprint density at radius 1 is 1.12 bits per heavy atom. The quantitative estimate of drug-likeness (QED) is 0.709. The van der Waals surface area contributed by atoms with Crippen molar-refractivity contribution in [3.05, 3.63) is 72.1 Å². The Hall–Kier alpha value is -2.53. The number of carbonyl (C=O) groups excluding carboxylic acids is 1. The first-order valence-corrected chi connectivity index (χ1v) is 8.71. The van der Waals surface area contributed by atoms with Gasteiger partial charge in [-0.1, -0.05) is 47.7 Å². The van der Waals surface area contributed by atoms with Gasteiger partial charge >= 0.3 is 0 Å². The Morgan fingerprint density at radius 3 is 2.62 bits per heavy atom. The fraction of sp³-hybridized carbons (Fsp3) is 0.158. The summed E-state index contributed by atoms with van der Waals surface area (Å²) in [5, 5.41) is 3.71. The smallest absolute Gasteiger partial charge is 0.234 e. The third-order valence-corrected chi connectivity index (χ3v) is 4.62. The van der Waals surface area contributed by atoms with E-state index in [-0.39, 0.29) is 5.91 Å². The van der Waals surface area contributed by atoms with Gasteiger partial charge in [-0.15, -0.1) is 0 Å². The number of aryl methyl sites for hydroxylation is 2. The maximum absolute atomic E-state index is 12.1. The largest absolute Gasteiger partial charge is 0.325 e. The van der Waals surface area contributed by atoms with Crippen LogP contribution in [0.3, 0.4) is 0 Å². The number of thioether (sulfide) groups is 1. The summed E-state index contributed by atoms with van der Waals surface area (Å²) in [5.41, 5.74) is 4.23. The van der Waals surface area contributed by atoms with E-state index in [1.165, 1.54) is 22.9 Å². The molecule has 1 aromatic heterocycles. The molecule has 0 saturated heterocycles. The molecular formula is C19H19N3OS. The minimum Gasteiger partial charge on any atom is -0.325 e. The number of hydrogen-bond donors (Lipinski definition) is 1. The molecule has 2 aromatic carbocycles. The molecule has 24 heavy (non-hydrogen) atoms. The number of aromatic nitrogens is 2. The molecule has 0 radical (unpaired) electrons. The van der Waals surface area contributed by atoms with Crippen LogP contribution in [0.25, 0.3) is 5.69 Å². The zero-order chi connectivity index (χ0) is 16.9. The van der Waals surface area contributed by atoms with Crippen LogP contribution < -0.4 is 5.32 Å². The average Bonchev–Trinajstić information content (AvgIpc) is 3.04. The standard InChI is InChI=1S/C19H19N3OS/c1-14-7-9-16(10-8-14)21-18(23)13-24-19-20-11-12-22(19)17-6-4-3-5-15(17)2/h3-12H,13H2,1-2H3,(H,21,23). The number of benzene rings is 2. The van der Waals surface area contributed by atoms with Gasteiger partial charge in [-0.25, -0.2) is 4.98 Å². The maximum atomic E-state index is 12.1. The minimum atomic E-state index is -0.0387. The highest BCUT2D eigenvalue weighted by molar-refractivity contribution is 7.99. The van der Waals surface area contributed by atoms with Gasteiger partial charge in [0.2, 0.25) is 5.91 Å². The summed E-state index contributed by atoms with van der Waals surface area (Å²) in [6.45, 7) is 4.08. The van der Waals surface area contributed by atoms with E-state index in [1.807, 2.05) is 60.2 Å². The van der Waals surface area contributed by atoms with Crippen molar-refractivity contribution < 1.29 is 4.79 Å². The molecule has 122 valence electrons. The molecule has 5 heteroatoms. The summed E-state index contributed by atoms with van der Waals surface area (Å²) < 4.78 is 2.01. The van der Waals surface area contributed by atoms with Crippen molar-refractivity contribution in [1.82, 2.24) is 9.55 Å². The van der Waals surface area contributed by atoms with Crippen LogP contribution in [0.2, 0.25) is 0 Å². The van der Waals surface area contributed by atoms with E-state index in [1.54, 1.807) is 6.20 Å². The number of nitrogens with zero attached hydrogens (tertiary/aromatic N) is 2. The molecular weight excluding hydrogens is 318 g/mol. The van der Waals surface area contributed by atoms with E-state index >= 15 is 0 Å².